The molecule has 1 aromatic rings. The molecule has 0 spiro atoms. The Morgan fingerprint density at radius 1 is 1.37 bits per heavy atom. The van der Waals surface area contributed by atoms with Crippen LogP contribution in [0.25, 0.3) is 0 Å². The van der Waals surface area contributed by atoms with Crippen LogP contribution in [0.1, 0.15) is 17.7 Å². The van der Waals surface area contributed by atoms with Gasteiger partial charge < -0.3 is 5.32 Å². The largest absolute Gasteiger partial charge is 0.433 e. The molecule has 3 nitrogen and oxygen atoms in total. The summed E-state index contributed by atoms with van der Waals surface area (Å²) >= 11 is 0. The van der Waals surface area contributed by atoms with Crippen LogP contribution in [0, 0.1) is 0 Å². The lowest BCUT2D eigenvalue weighted by Crippen LogP contribution is -2.24. The smallest absolute Gasteiger partial charge is 0.348 e. The maximum atomic E-state index is 12.3. The van der Waals surface area contributed by atoms with E-state index >= 15 is 0 Å². The maximum absolute atomic E-state index is 12.3. The molecule has 0 saturated heterocycles. The molecule has 0 unspecified atom stereocenters. The minimum atomic E-state index is -4.44. The quantitative estimate of drug-likeness (QED) is 0.915. The van der Waals surface area contributed by atoms with E-state index in [1.807, 2.05) is 6.08 Å². The first-order valence-electron chi connectivity index (χ1n) is 5.63. The summed E-state index contributed by atoms with van der Waals surface area (Å²) in [6.07, 6.45) is 2.60. The summed E-state index contributed by atoms with van der Waals surface area (Å²) in [5.41, 5.74) is 0.220. The van der Waals surface area contributed by atoms with E-state index in [1.54, 1.807) is 12.2 Å². The zero-order chi connectivity index (χ0) is 13.9. The van der Waals surface area contributed by atoms with Crippen LogP contribution in [0.5, 0.6) is 0 Å². The van der Waals surface area contributed by atoms with Crippen molar-refractivity contribution in [3.63, 3.8) is 0 Å². The molecule has 6 heteroatoms. The third kappa shape index (κ3) is 3.43. The Labute approximate surface area is 107 Å². The van der Waals surface area contributed by atoms with Crippen molar-refractivity contribution in [2.24, 2.45) is 0 Å². The molecule has 1 heterocycles. The van der Waals surface area contributed by atoms with Gasteiger partial charge in [0.1, 0.15) is 5.69 Å². The number of carbonyl (C=O) groups is 1. The van der Waals surface area contributed by atoms with E-state index in [9.17, 15) is 18.0 Å². The lowest BCUT2D eigenvalue weighted by atomic mass is 10.2. The van der Waals surface area contributed by atoms with Crippen molar-refractivity contribution in [3.05, 3.63) is 53.4 Å². The summed E-state index contributed by atoms with van der Waals surface area (Å²) < 4.78 is 36.9. The van der Waals surface area contributed by atoms with Crippen LogP contribution in [0.15, 0.2) is 42.1 Å². The zero-order valence-corrected chi connectivity index (χ0v) is 9.87. The molecule has 1 aliphatic rings. The molecule has 0 atom stereocenters. The number of nitrogens with one attached hydrogen (secondary N) is 1. The standard InChI is InChI=1S/C13H11F3N2O/c14-13(15,16)11-6-5-9(7-17-11)8-18-12(19)10-3-1-2-4-10/h1-3,5-7H,4,8H2,(H,18,19). The average molecular weight is 268 g/mol. The van der Waals surface area contributed by atoms with E-state index in [1.165, 1.54) is 6.07 Å². The number of aromatic nitrogens is 1. The van der Waals surface area contributed by atoms with Gasteiger partial charge in [0.2, 0.25) is 5.91 Å². The van der Waals surface area contributed by atoms with Gasteiger partial charge in [-0.15, -0.1) is 0 Å². The average Bonchev–Trinajstić information content (AvgIpc) is 2.89. The van der Waals surface area contributed by atoms with Gasteiger partial charge in [-0.3, -0.25) is 9.78 Å². The number of nitrogens with zero attached hydrogens (tertiary/aromatic N) is 1. The Bertz CT molecular complexity index is 530. The van der Waals surface area contributed by atoms with E-state index in [0.717, 1.165) is 12.3 Å². The number of alkyl halides is 3. The lowest BCUT2D eigenvalue weighted by molar-refractivity contribution is -0.141. The Morgan fingerprint density at radius 2 is 2.16 bits per heavy atom. The first-order valence-corrected chi connectivity index (χ1v) is 5.63. The zero-order valence-electron chi connectivity index (χ0n) is 9.87. The first kappa shape index (κ1) is 13.3. The summed E-state index contributed by atoms with van der Waals surface area (Å²) in [5.74, 6) is -0.218. The summed E-state index contributed by atoms with van der Waals surface area (Å²) in [6, 6.07) is 2.20. The number of hydrogen-bond donors (Lipinski definition) is 1. The van der Waals surface area contributed by atoms with Gasteiger partial charge in [-0.1, -0.05) is 24.3 Å². The maximum Gasteiger partial charge on any atom is 0.433 e. The highest BCUT2D eigenvalue weighted by molar-refractivity contribution is 5.94. The molecule has 1 aliphatic carbocycles. The Morgan fingerprint density at radius 3 is 2.68 bits per heavy atom. The van der Waals surface area contributed by atoms with Crippen molar-refractivity contribution in [1.29, 1.82) is 0 Å². The summed E-state index contributed by atoms with van der Waals surface area (Å²) in [4.78, 5) is 14.9. The summed E-state index contributed by atoms with van der Waals surface area (Å²) in [5, 5.41) is 2.63. The third-order valence-electron chi connectivity index (χ3n) is 2.63. The Balaban J connectivity index is 1.91. The molecule has 1 amide bonds. The highest BCUT2D eigenvalue weighted by Gasteiger charge is 2.31. The van der Waals surface area contributed by atoms with Gasteiger partial charge in [-0.05, 0) is 18.1 Å². The Hall–Kier alpha value is -2.11. The number of pyridine rings is 1. The predicted molar refractivity (Wildman–Crippen MR) is 62.9 cm³/mol. The van der Waals surface area contributed by atoms with E-state index in [2.05, 4.69) is 10.3 Å². The van der Waals surface area contributed by atoms with Gasteiger partial charge in [0, 0.05) is 18.3 Å². The van der Waals surface area contributed by atoms with Crippen molar-refractivity contribution in [3.8, 4) is 0 Å². The molecule has 0 aliphatic heterocycles. The van der Waals surface area contributed by atoms with Gasteiger partial charge in [-0.2, -0.15) is 13.2 Å². The van der Waals surface area contributed by atoms with Crippen molar-refractivity contribution in [1.82, 2.24) is 10.3 Å². The molecule has 0 saturated carbocycles. The summed E-state index contributed by atoms with van der Waals surface area (Å²) in [7, 11) is 0. The van der Waals surface area contributed by atoms with E-state index < -0.39 is 11.9 Å². The van der Waals surface area contributed by atoms with Gasteiger partial charge in [0.05, 0.1) is 0 Å². The molecule has 100 valence electrons. The minimum Gasteiger partial charge on any atom is -0.348 e. The number of allylic oxidation sites excluding steroid dienone is 3. The lowest BCUT2D eigenvalue weighted by Gasteiger charge is -2.08. The van der Waals surface area contributed by atoms with Crippen molar-refractivity contribution < 1.29 is 18.0 Å². The third-order valence-corrected chi connectivity index (χ3v) is 2.63. The van der Waals surface area contributed by atoms with E-state index in [-0.39, 0.29) is 12.5 Å². The van der Waals surface area contributed by atoms with Crippen LogP contribution in [0.4, 0.5) is 13.2 Å². The Kier molecular flexibility index (Phi) is 3.69. The number of amides is 1. The monoisotopic (exact) mass is 268 g/mol. The van der Waals surface area contributed by atoms with Gasteiger partial charge in [0.15, 0.2) is 0 Å². The molecule has 1 N–H and O–H groups in total. The van der Waals surface area contributed by atoms with Crippen LogP contribution in [-0.4, -0.2) is 10.9 Å². The minimum absolute atomic E-state index is 0.154. The van der Waals surface area contributed by atoms with Crippen LogP contribution in [-0.2, 0) is 17.5 Å². The molecule has 0 aromatic carbocycles. The fourth-order valence-corrected chi connectivity index (χ4v) is 1.61. The second-order valence-corrected chi connectivity index (χ2v) is 4.06. The number of halogens is 3. The predicted octanol–water partition coefficient (Wildman–Crippen LogP) is 2.60. The second-order valence-electron chi connectivity index (χ2n) is 4.06. The van der Waals surface area contributed by atoms with Crippen molar-refractivity contribution in [2.75, 3.05) is 0 Å². The van der Waals surface area contributed by atoms with E-state index in [4.69, 9.17) is 0 Å². The fraction of sp³-hybridized carbons (Fsp3) is 0.231. The molecule has 0 bridgehead atoms. The number of rotatable bonds is 3. The van der Waals surface area contributed by atoms with Gasteiger partial charge in [-0.25, -0.2) is 0 Å². The molecule has 0 fully saturated rings. The van der Waals surface area contributed by atoms with Crippen molar-refractivity contribution in [2.45, 2.75) is 19.1 Å². The van der Waals surface area contributed by atoms with Crippen LogP contribution in [0.2, 0.25) is 0 Å². The summed E-state index contributed by atoms with van der Waals surface area (Å²) in [6.45, 7) is 0.154. The van der Waals surface area contributed by atoms with Crippen LogP contribution < -0.4 is 5.32 Å². The van der Waals surface area contributed by atoms with E-state index in [0.29, 0.717) is 17.6 Å². The van der Waals surface area contributed by atoms with Crippen LogP contribution in [0.3, 0.4) is 0 Å². The van der Waals surface area contributed by atoms with Gasteiger partial charge in [0.25, 0.3) is 0 Å². The second kappa shape index (κ2) is 5.26. The highest BCUT2D eigenvalue weighted by atomic mass is 19.4. The van der Waals surface area contributed by atoms with Gasteiger partial charge >= 0.3 is 6.18 Å². The molecular weight excluding hydrogens is 257 g/mol. The SMILES string of the molecule is O=C(NCc1ccc(C(F)(F)F)nc1)C1=CC=CC1. The fourth-order valence-electron chi connectivity index (χ4n) is 1.61. The topological polar surface area (TPSA) is 42.0 Å². The molecule has 0 radical (unpaired) electrons. The highest BCUT2D eigenvalue weighted by Crippen LogP contribution is 2.27. The number of hydrogen-bond acceptors (Lipinski definition) is 2. The first-order chi connectivity index (χ1) is 8.97. The van der Waals surface area contributed by atoms with Crippen LogP contribution >= 0.6 is 0 Å². The molecule has 19 heavy (non-hydrogen) atoms. The number of carbonyl (C=O) groups excluding carboxylic acids is 1. The normalized spacial score (nSPS) is 14.4. The molecular formula is C13H11F3N2O. The molecule has 2 rings (SSSR count). The molecule has 1 aromatic heterocycles. The van der Waals surface area contributed by atoms with Crippen molar-refractivity contribution >= 4 is 5.91 Å².